The molecule has 1 saturated carbocycles. The predicted octanol–water partition coefficient (Wildman–Crippen LogP) is 1.29. The first kappa shape index (κ1) is 9.36. The lowest BCUT2D eigenvalue weighted by Gasteiger charge is -2.32. The van der Waals surface area contributed by atoms with E-state index in [1.807, 2.05) is 0 Å². The van der Waals surface area contributed by atoms with Crippen LogP contribution in [0.3, 0.4) is 0 Å². The van der Waals surface area contributed by atoms with Crippen molar-refractivity contribution in [1.82, 2.24) is 5.32 Å². The second kappa shape index (κ2) is 3.78. The molecule has 0 spiro atoms. The molecule has 0 radical (unpaired) electrons. The molecule has 4 N–H and O–H groups in total. The van der Waals surface area contributed by atoms with Crippen LogP contribution < -0.4 is 11.1 Å². The molecular weight excluding hydrogens is 150 g/mol. The molecule has 12 heavy (non-hydrogen) atoms. The van der Waals surface area contributed by atoms with E-state index in [0.717, 1.165) is 24.7 Å². The van der Waals surface area contributed by atoms with E-state index in [9.17, 15) is 0 Å². The quantitative estimate of drug-likeness (QED) is 0.409. The van der Waals surface area contributed by atoms with Crippen molar-refractivity contribution in [1.29, 1.82) is 5.41 Å². The molecule has 0 heterocycles. The van der Waals surface area contributed by atoms with Crippen molar-refractivity contribution in [2.75, 3.05) is 0 Å². The van der Waals surface area contributed by atoms with Gasteiger partial charge in [-0.05, 0) is 31.1 Å². The molecule has 3 unspecified atom stereocenters. The lowest BCUT2D eigenvalue weighted by Crippen LogP contribution is -2.42. The third kappa shape index (κ3) is 2.40. The summed E-state index contributed by atoms with van der Waals surface area (Å²) >= 11 is 0. The fourth-order valence-electron chi connectivity index (χ4n) is 1.90. The van der Waals surface area contributed by atoms with E-state index < -0.39 is 0 Å². The zero-order valence-electron chi connectivity index (χ0n) is 7.93. The van der Waals surface area contributed by atoms with Gasteiger partial charge in [0.25, 0.3) is 0 Å². The monoisotopic (exact) mass is 169 g/mol. The van der Waals surface area contributed by atoms with Crippen molar-refractivity contribution in [3.8, 4) is 0 Å². The fraction of sp³-hybridized carbons (Fsp3) is 0.889. The molecule has 1 rings (SSSR count). The molecule has 0 aromatic heterocycles. The maximum atomic E-state index is 7.11. The molecule has 3 nitrogen and oxygen atoms in total. The van der Waals surface area contributed by atoms with Gasteiger partial charge >= 0.3 is 0 Å². The summed E-state index contributed by atoms with van der Waals surface area (Å²) in [5.41, 5.74) is 5.28. The van der Waals surface area contributed by atoms with Crippen LogP contribution in [0.15, 0.2) is 0 Å². The van der Waals surface area contributed by atoms with E-state index in [0.29, 0.717) is 6.04 Å². The highest BCUT2D eigenvalue weighted by molar-refractivity contribution is 5.74. The largest absolute Gasteiger partial charge is 0.370 e. The van der Waals surface area contributed by atoms with Crippen LogP contribution in [0.1, 0.15) is 33.1 Å². The van der Waals surface area contributed by atoms with Crippen molar-refractivity contribution in [3.05, 3.63) is 0 Å². The maximum absolute atomic E-state index is 7.11. The van der Waals surface area contributed by atoms with Crippen LogP contribution in [0.4, 0.5) is 0 Å². The first-order valence-corrected chi connectivity index (χ1v) is 4.70. The fourth-order valence-corrected chi connectivity index (χ4v) is 1.90. The molecule has 0 bridgehead atoms. The molecule has 0 amide bonds. The van der Waals surface area contributed by atoms with Crippen LogP contribution in [0.25, 0.3) is 0 Å². The first-order chi connectivity index (χ1) is 5.59. The average Bonchev–Trinajstić information content (AvgIpc) is 1.96. The Hall–Kier alpha value is -0.730. The van der Waals surface area contributed by atoms with Gasteiger partial charge in [0.2, 0.25) is 0 Å². The Balaban J connectivity index is 2.35. The maximum Gasteiger partial charge on any atom is 0.185 e. The third-order valence-corrected chi connectivity index (χ3v) is 2.96. The standard InChI is InChI=1S/C9H19N3/c1-6-3-4-8(5-7(6)2)12-9(10)11/h6-8H,3-5H2,1-2H3,(H4,10,11,12). The SMILES string of the molecule is CC1CCC(NC(=N)N)CC1C. The van der Waals surface area contributed by atoms with Crippen LogP contribution in [-0.4, -0.2) is 12.0 Å². The van der Waals surface area contributed by atoms with Crippen molar-refractivity contribution in [3.63, 3.8) is 0 Å². The summed E-state index contributed by atoms with van der Waals surface area (Å²) in [4.78, 5) is 0. The van der Waals surface area contributed by atoms with Crippen LogP contribution in [0, 0.1) is 17.2 Å². The van der Waals surface area contributed by atoms with E-state index in [-0.39, 0.29) is 5.96 Å². The molecule has 3 heteroatoms. The first-order valence-electron chi connectivity index (χ1n) is 4.70. The molecule has 0 aliphatic heterocycles. The summed E-state index contributed by atoms with van der Waals surface area (Å²) in [5, 5.41) is 10.1. The molecule has 0 aromatic carbocycles. The summed E-state index contributed by atoms with van der Waals surface area (Å²) < 4.78 is 0. The molecule has 3 atom stereocenters. The smallest absolute Gasteiger partial charge is 0.185 e. The van der Waals surface area contributed by atoms with Gasteiger partial charge in [0, 0.05) is 6.04 Å². The van der Waals surface area contributed by atoms with Gasteiger partial charge in [-0.25, -0.2) is 0 Å². The van der Waals surface area contributed by atoms with Crippen molar-refractivity contribution in [2.45, 2.75) is 39.2 Å². The van der Waals surface area contributed by atoms with Crippen LogP contribution >= 0.6 is 0 Å². The molecule has 1 aliphatic rings. The predicted molar refractivity (Wildman–Crippen MR) is 51.0 cm³/mol. The average molecular weight is 169 g/mol. The van der Waals surface area contributed by atoms with Crippen LogP contribution in [0.2, 0.25) is 0 Å². The second-order valence-corrected chi connectivity index (χ2v) is 4.02. The Morgan fingerprint density at radius 3 is 2.50 bits per heavy atom. The Morgan fingerprint density at radius 1 is 1.33 bits per heavy atom. The number of nitrogens with one attached hydrogen (secondary N) is 2. The highest BCUT2D eigenvalue weighted by Gasteiger charge is 2.24. The van der Waals surface area contributed by atoms with Gasteiger partial charge in [-0.1, -0.05) is 13.8 Å². The summed E-state index contributed by atoms with van der Waals surface area (Å²) in [5.74, 6) is 1.70. The van der Waals surface area contributed by atoms with E-state index in [2.05, 4.69) is 19.2 Å². The zero-order valence-corrected chi connectivity index (χ0v) is 7.93. The van der Waals surface area contributed by atoms with Gasteiger partial charge in [0.1, 0.15) is 0 Å². The summed E-state index contributed by atoms with van der Waals surface area (Å²) in [6.45, 7) is 4.58. The van der Waals surface area contributed by atoms with Gasteiger partial charge in [-0.3, -0.25) is 5.41 Å². The molecule has 1 aliphatic carbocycles. The molecule has 70 valence electrons. The second-order valence-electron chi connectivity index (χ2n) is 4.02. The minimum Gasteiger partial charge on any atom is -0.370 e. The highest BCUT2D eigenvalue weighted by Crippen LogP contribution is 2.28. The van der Waals surface area contributed by atoms with Crippen molar-refractivity contribution in [2.24, 2.45) is 17.6 Å². The van der Waals surface area contributed by atoms with E-state index in [4.69, 9.17) is 11.1 Å². The minimum absolute atomic E-state index is 0.113. The Labute approximate surface area is 74.2 Å². The van der Waals surface area contributed by atoms with E-state index >= 15 is 0 Å². The Bertz CT molecular complexity index is 167. The Kier molecular flexibility index (Phi) is 2.95. The number of rotatable bonds is 1. The number of nitrogens with two attached hydrogens (primary N) is 1. The topological polar surface area (TPSA) is 61.9 Å². The molecule has 0 saturated heterocycles. The van der Waals surface area contributed by atoms with Crippen molar-refractivity contribution < 1.29 is 0 Å². The summed E-state index contributed by atoms with van der Waals surface area (Å²) in [6, 6.07) is 0.439. The summed E-state index contributed by atoms with van der Waals surface area (Å²) in [6.07, 6.45) is 3.57. The van der Waals surface area contributed by atoms with E-state index in [1.54, 1.807) is 0 Å². The van der Waals surface area contributed by atoms with Gasteiger partial charge in [-0.15, -0.1) is 0 Å². The van der Waals surface area contributed by atoms with Crippen LogP contribution in [0.5, 0.6) is 0 Å². The molecule has 0 aromatic rings. The van der Waals surface area contributed by atoms with Crippen molar-refractivity contribution >= 4 is 5.96 Å². The van der Waals surface area contributed by atoms with E-state index in [1.165, 1.54) is 6.42 Å². The van der Waals surface area contributed by atoms with Crippen LogP contribution in [-0.2, 0) is 0 Å². The van der Waals surface area contributed by atoms with Gasteiger partial charge < -0.3 is 11.1 Å². The Morgan fingerprint density at radius 2 is 2.00 bits per heavy atom. The van der Waals surface area contributed by atoms with Gasteiger partial charge in [0.05, 0.1) is 0 Å². The minimum atomic E-state index is 0.113. The van der Waals surface area contributed by atoms with Gasteiger partial charge in [0.15, 0.2) is 5.96 Å². The molecular formula is C9H19N3. The lowest BCUT2D eigenvalue weighted by atomic mass is 9.79. The number of hydrogen-bond donors (Lipinski definition) is 3. The normalized spacial score (nSPS) is 36.0. The lowest BCUT2D eigenvalue weighted by molar-refractivity contribution is 0.240. The third-order valence-electron chi connectivity index (χ3n) is 2.96. The number of hydrogen-bond acceptors (Lipinski definition) is 1. The van der Waals surface area contributed by atoms with Gasteiger partial charge in [-0.2, -0.15) is 0 Å². The highest BCUT2D eigenvalue weighted by atomic mass is 15.1. The summed E-state index contributed by atoms with van der Waals surface area (Å²) in [7, 11) is 0. The number of guanidine groups is 1. The molecule has 1 fully saturated rings. The zero-order chi connectivity index (χ0) is 9.14.